The Morgan fingerprint density at radius 1 is 1.00 bits per heavy atom. The van der Waals surface area contributed by atoms with Crippen LogP contribution in [-0.2, 0) is 40.9 Å². The van der Waals surface area contributed by atoms with Crippen LogP contribution >= 0.6 is 0 Å². The smallest absolute Gasteiger partial charge is 0.341 e. The van der Waals surface area contributed by atoms with Gasteiger partial charge in [-0.2, -0.15) is 0 Å². The van der Waals surface area contributed by atoms with Crippen molar-refractivity contribution in [3.05, 3.63) is 47.5 Å². The molecule has 0 fully saturated rings. The number of carbonyl (C=O) groups is 1. The first kappa shape index (κ1) is 25.1. The van der Waals surface area contributed by atoms with E-state index in [0.717, 1.165) is 30.7 Å². The molecular weight excluding hydrogens is 494 g/mol. The molecule has 13 heteroatoms. The Morgan fingerprint density at radius 3 is 2.12 bits per heavy atom. The number of hydrogen-bond acceptors (Lipinski definition) is 8. The number of carboxylic acid groups (broad SMARTS) is 1. The molecule has 1 aliphatic carbocycles. The minimum Gasteiger partial charge on any atom is -0.482 e. The number of sulfonamides is 1. The maximum Gasteiger partial charge on any atom is 0.341 e. The SMILES string of the molecule is CS(=O)(=O)c1cc(S(C)(=O)=O)cc(S(=O)(=O)NC2CCCc3c(OCC(=O)O)cccc32)c1. The second kappa shape index (κ2) is 9.05. The van der Waals surface area contributed by atoms with Gasteiger partial charge in [-0.15, -0.1) is 0 Å². The number of carboxylic acids is 1. The molecule has 1 aliphatic rings. The quantitative estimate of drug-likeness (QED) is 0.526. The van der Waals surface area contributed by atoms with Gasteiger partial charge in [0.2, 0.25) is 10.0 Å². The summed E-state index contributed by atoms with van der Waals surface area (Å²) in [7, 11) is -12.1. The summed E-state index contributed by atoms with van der Waals surface area (Å²) >= 11 is 0. The third kappa shape index (κ3) is 5.91. The van der Waals surface area contributed by atoms with Crippen LogP contribution in [0.2, 0.25) is 0 Å². The zero-order valence-corrected chi connectivity index (χ0v) is 20.3. The van der Waals surface area contributed by atoms with Crippen molar-refractivity contribution < 1.29 is 39.9 Å². The Labute approximate surface area is 192 Å². The van der Waals surface area contributed by atoms with Crippen LogP contribution < -0.4 is 9.46 Å². The molecule has 0 heterocycles. The van der Waals surface area contributed by atoms with Gasteiger partial charge in [-0.3, -0.25) is 0 Å². The lowest BCUT2D eigenvalue weighted by Gasteiger charge is -2.27. The van der Waals surface area contributed by atoms with Crippen LogP contribution in [0.3, 0.4) is 0 Å². The first-order valence-electron chi connectivity index (χ1n) is 9.72. The van der Waals surface area contributed by atoms with Crippen LogP contribution in [0.4, 0.5) is 0 Å². The minimum atomic E-state index is -4.32. The molecule has 2 aromatic rings. The van der Waals surface area contributed by atoms with Gasteiger partial charge in [0.15, 0.2) is 26.3 Å². The molecule has 1 unspecified atom stereocenters. The lowest BCUT2D eigenvalue weighted by atomic mass is 9.87. The van der Waals surface area contributed by atoms with Crippen molar-refractivity contribution in [1.82, 2.24) is 4.72 Å². The number of aliphatic carboxylic acids is 1. The lowest BCUT2D eigenvalue weighted by molar-refractivity contribution is -0.139. The van der Waals surface area contributed by atoms with Crippen LogP contribution in [0.25, 0.3) is 0 Å². The predicted octanol–water partition coefficient (Wildman–Crippen LogP) is 1.31. The summed E-state index contributed by atoms with van der Waals surface area (Å²) in [6.45, 7) is -0.542. The number of nitrogens with one attached hydrogen (secondary N) is 1. The Bertz CT molecular complexity index is 1360. The van der Waals surface area contributed by atoms with E-state index in [4.69, 9.17) is 9.84 Å². The molecule has 2 N–H and O–H groups in total. The van der Waals surface area contributed by atoms with E-state index in [-0.39, 0.29) is 0 Å². The molecule has 0 bridgehead atoms. The lowest BCUT2D eigenvalue weighted by Crippen LogP contribution is -2.31. The molecular formula is C20H23NO9S3. The van der Waals surface area contributed by atoms with Crippen molar-refractivity contribution in [3.63, 3.8) is 0 Å². The summed E-state index contributed by atoms with van der Waals surface area (Å²) in [5, 5.41) is 8.87. The largest absolute Gasteiger partial charge is 0.482 e. The monoisotopic (exact) mass is 517 g/mol. The Balaban J connectivity index is 2.02. The maximum atomic E-state index is 13.2. The Morgan fingerprint density at radius 2 is 1.58 bits per heavy atom. The molecule has 0 spiro atoms. The number of sulfone groups is 2. The van der Waals surface area contributed by atoms with Crippen molar-refractivity contribution in [3.8, 4) is 5.75 Å². The van der Waals surface area contributed by atoms with Crippen LogP contribution in [0.15, 0.2) is 51.1 Å². The van der Waals surface area contributed by atoms with Crippen molar-refractivity contribution in [1.29, 1.82) is 0 Å². The van der Waals surface area contributed by atoms with Crippen molar-refractivity contribution in [2.24, 2.45) is 0 Å². The number of hydrogen-bond donors (Lipinski definition) is 2. The molecule has 0 amide bonds. The zero-order chi connectivity index (χ0) is 24.6. The highest BCUT2D eigenvalue weighted by molar-refractivity contribution is 7.92. The summed E-state index contributed by atoms with van der Waals surface area (Å²) in [4.78, 5) is 9.49. The van der Waals surface area contributed by atoms with Gasteiger partial charge in [0.25, 0.3) is 0 Å². The molecule has 0 saturated heterocycles. The number of ether oxygens (including phenoxy) is 1. The van der Waals surface area contributed by atoms with Crippen LogP contribution in [0.5, 0.6) is 5.75 Å². The van der Waals surface area contributed by atoms with Crippen molar-refractivity contribution >= 4 is 35.7 Å². The van der Waals surface area contributed by atoms with Crippen LogP contribution in [0.1, 0.15) is 30.0 Å². The fourth-order valence-electron chi connectivity index (χ4n) is 3.60. The molecule has 1 atom stereocenters. The second-order valence-electron chi connectivity index (χ2n) is 7.76. The average Bonchev–Trinajstić information content (AvgIpc) is 2.70. The molecule has 2 aromatic carbocycles. The third-order valence-electron chi connectivity index (χ3n) is 5.13. The maximum absolute atomic E-state index is 13.2. The van der Waals surface area contributed by atoms with E-state index in [1.54, 1.807) is 18.2 Å². The van der Waals surface area contributed by atoms with E-state index in [1.165, 1.54) is 0 Å². The molecule has 33 heavy (non-hydrogen) atoms. The standard InChI is InChI=1S/C20H23NO9S3/c1-31(24,25)13-9-14(32(2,26)27)11-15(10-13)33(28,29)21-18-7-3-6-17-16(18)5-4-8-19(17)30-12-20(22)23/h4-5,8-11,18,21H,3,6-7,12H2,1-2H3,(H,22,23). The summed E-state index contributed by atoms with van der Waals surface area (Å²) in [6.07, 6.45) is 3.29. The van der Waals surface area contributed by atoms with E-state index >= 15 is 0 Å². The van der Waals surface area contributed by atoms with Crippen molar-refractivity contribution in [2.45, 2.75) is 40.0 Å². The first-order chi connectivity index (χ1) is 15.2. The first-order valence-corrected chi connectivity index (χ1v) is 15.0. The molecule has 10 nitrogen and oxygen atoms in total. The third-order valence-corrected chi connectivity index (χ3v) is 8.77. The fourth-order valence-corrected chi connectivity index (χ4v) is 6.50. The number of rotatable bonds is 8. The second-order valence-corrected chi connectivity index (χ2v) is 13.5. The highest BCUT2D eigenvalue weighted by Crippen LogP contribution is 2.36. The van der Waals surface area contributed by atoms with Gasteiger partial charge in [0.1, 0.15) is 5.75 Å². The van der Waals surface area contributed by atoms with Gasteiger partial charge in [0, 0.05) is 18.6 Å². The zero-order valence-electron chi connectivity index (χ0n) is 17.8. The topological polar surface area (TPSA) is 161 Å². The summed E-state index contributed by atoms with van der Waals surface area (Å²) < 4.78 is 82.3. The molecule has 0 radical (unpaired) electrons. The van der Waals surface area contributed by atoms with Gasteiger partial charge in [-0.05, 0) is 54.7 Å². The minimum absolute atomic E-state index is 0.345. The highest BCUT2D eigenvalue weighted by atomic mass is 32.2. The van der Waals surface area contributed by atoms with Crippen LogP contribution in [-0.4, -0.2) is 55.4 Å². The van der Waals surface area contributed by atoms with Gasteiger partial charge in [-0.1, -0.05) is 12.1 Å². The summed E-state index contributed by atoms with van der Waals surface area (Å²) in [5.74, 6) is -0.801. The molecule has 0 aromatic heterocycles. The van der Waals surface area contributed by atoms with E-state index in [2.05, 4.69) is 4.72 Å². The Hall–Kier alpha value is -2.48. The van der Waals surface area contributed by atoms with Gasteiger partial charge in [-0.25, -0.2) is 34.8 Å². The average molecular weight is 518 g/mol. The van der Waals surface area contributed by atoms with E-state index in [9.17, 15) is 30.0 Å². The van der Waals surface area contributed by atoms with E-state index in [0.29, 0.717) is 36.1 Å². The summed E-state index contributed by atoms with van der Waals surface area (Å²) in [6, 6.07) is 6.98. The fraction of sp³-hybridized carbons (Fsp3) is 0.350. The molecule has 0 saturated carbocycles. The van der Waals surface area contributed by atoms with E-state index < -0.39 is 63.0 Å². The van der Waals surface area contributed by atoms with Gasteiger partial charge >= 0.3 is 5.97 Å². The predicted molar refractivity (Wildman–Crippen MR) is 118 cm³/mol. The van der Waals surface area contributed by atoms with Gasteiger partial charge in [0.05, 0.1) is 14.7 Å². The van der Waals surface area contributed by atoms with E-state index in [1.807, 2.05) is 0 Å². The highest BCUT2D eigenvalue weighted by Gasteiger charge is 2.29. The number of fused-ring (bicyclic) bond motifs is 1. The number of benzene rings is 2. The summed E-state index contributed by atoms with van der Waals surface area (Å²) in [5.41, 5.74) is 1.29. The molecule has 3 rings (SSSR count). The molecule has 0 aliphatic heterocycles. The Kier molecular flexibility index (Phi) is 6.89. The van der Waals surface area contributed by atoms with Crippen molar-refractivity contribution in [2.75, 3.05) is 19.1 Å². The van der Waals surface area contributed by atoms with Gasteiger partial charge < -0.3 is 9.84 Å². The normalized spacial score (nSPS) is 16.7. The van der Waals surface area contributed by atoms with Crippen LogP contribution in [0, 0.1) is 0 Å². The molecule has 180 valence electrons.